The van der Waals surface area contributed by atoms with Crippen molar-refractivity contribution in [1.29, 1.82) is 5.26 Å². The molecule has 1 N–H and O–H groups in total. The molecule has 4 heteroatoms. The minimum atomic E-state index is -1.19. The van der Waals surface area contributed by atoms with E-state index in [-0.39, 0.29) is 5.15 Å². The van der Waals surface area contributed by atoms with Gasteiger partial charge in [-0.05, 0) is 13.0 Å². The van der Waals surface area contributed by atoms with Gasteiger partial charge in [-0.1, -0.05) is 17.7 Å². The molecule has 0 radical (unpaired) electrons. The zero-order valence-corrected chi connectivity index (χ0v) is 7.21. The Morgan fingerprint density at radius 1 is 1.67 bits per heavy atom. The molecule has 0 bridgehead atoms. The maximum absolute atomic E-state index is 9.12. The van der Waals surface area contributed by atoms with E-state index >= 15 is 0 Å². The summed E-state index contributed by atoms with van der Waals surface area (Å²) < 4.78 is 0. The third kappa shape index (κ3) is 1.73. The van der Waals surface area contributed by atoms with Crippen molar-refractivity contribution in [3.8, 4) is 6.07 Å². The second kappa shape index (κ2) is 3.53. The van der Waals surface area contributed by atoms with Gasteiger partial charge in [0.15, 0.2) is 6.10 Å². The van der Waals surface area contributed by atoms with Crippen molar-refractivity contribution < 1.29 is 5.11 Å². The number of nitriles is 1. The summed E-state index contributed by atoms with van der Waals surface area (Å²) in [5.74, 6) is 0. The van der Waals surface area contributed by atoms with Crippen LogP contribution in [0.1, 0.15) is 17.4 Å². The predicted octanol–water partition coefficient (Wildman–Crippen LogP) is 1.60. The fourth-order valence-corrected chi connectivity index (χ4v) is 1.11. The molecule has 0 fully saturated rings. The van der Waals surface area contributed by atoms with Crippen LogP contribution < -0.4 is 0 Å². The fourth-order valence-electron chi connectivity index (χ4n) is 0.809. The van der Waals surface area contributed by atoms with Crippen LogP contribution in [0.15, 0.2) is 12.1 Å². The molecule has 0 aliphatic heterocycles. The Morgan fingerprint density at radius 3 is 2.83 bits per heavy atom. The smallest absolute Gasteiger partial charge is 0.168 e. The van der Waals surface area contributed by atoms with E-state index in [0.717, 1.165) is 5.69 Å². The number of aliphatic hydroxyl groups excluding tert-OH is 1. The first-order valence-corrected chi connectivity index (χ1v) is 3.73. The van der Waals surface area contributed by atoms with Crippen molar-refractivity contribution in [2.45, 2.75) is 13.0 Å². The van der Waals surface area contributed by atoms with Crippen molar-refractivity contribution in [1.82, 2.24) is 4.98 Å². The van der Waals surface area contributed by atoms with Crippen molar-refractivity contribution in [2.24, 2.45) is 0 Å². The zero-order chi connectivity index (χ0) is 9.14. The third-order valence-corrected chi connectivity index (χ3v) is 1.74. The van der Waals surface area contributed by atoms with Crippen LogP contribution >= 0.6 is 11.6 Å². The Kier molecular flexibility index (Phi) is 2.64. The molecule has 0 saturated heterocycles. The van der Waals surface area contributed by atoms with Gasteiger partial charge in [0, 0.05) is 11.3 Å². The highest BCUT2D eigenvalue weighted by Gasteiger charge is 2.10. The van der Waals surface area contributed by atoms with Gasteiger partial charge in [0.25, 0.3) is 0 Å². The Balaban J connectivity index is 3.11. The quantitative estimate of drug-likeness (QED) is 0.530. The van der Waals surface area contributed by atoms with E-state index < -0.39 is 6.10 Å². The van der Waals surface area contributed by atoms with Gasteiger partial charge in [-0.25, -0.2) is 4.98 Å². The Bertz CT molecular complexity index is 332. The number of halogens is 1. The topological polar surface area (TPSA) is 56.9 Å². The molecule has 0 saturated carbocycles. The van der Waals surface area contributed by atoms with E-state index in [9.17, 15) is 0 Å². The molecular weight excluding hydrogens is 176 g/mol. The summed E-state index contributed by atoms with van der Waals surface area (Å²) in [4.78, 5) is 3.90. The van der Waals surface area contributed by atoms with Crippen molar-refractivity contribution in [2.75, 3.05) is 0 Å². The molecule has 1 rings (SSSR count). The van der Waals surface area contributed by atoms with Crippen molar-refractivity contribution in [3.05, 3.63) is 28.5 Å². The molecule has 0 aliphatic carbocycles. The summed E-state index contributed by atoms with van der Waals surface area (Å²) >= 11 is 5.68. The number of hydrogen-bond donors (Lipinski definition) is 1. The van der Waals surface area contributed by atoms with E-state index in [2.05, 4.69) is 4.98 Å². The number of rotatable bonds is 1. The highest BCUT2D eigenvalue weighted by molar-refractivity contribution is 6.30. The Morgan fingerprint density at radius 2 is 2.33 bits per heavy atom. The van der Waals surface area contributed by atoms with Gasteiger partial charge in [-0.3, -0.25) is 0 Å². The lowest BCUT2D eigenvalue weighted by Crippen LogP contribution is -1.96. The summed E-state index contributed by atoms with van der Waals surface area (Å²) in [6, 6.07) is 4.96. The monoisotopic (exact) mass is 182 g/mol. The number of hydrogen-bond acceptors (Lipinski definition) is 3. The Labute approximate surface area is 75.2 Å². The molecule has 1 atom stereocenters. The molecule has 0 amide bonds. The summed E-state index contributed by atoms with van der Waals surface area (Å²) in [6.07, 6.45) is -1.19. The number of pyridine rings is 1. The van der Waals surface area contributed by atoms with Crippen LogP contribution in [0.3, 0.4) is 0 Å². The third-order valence-electron chi connectivity index (χ3n) is 1.43. The van der Waals surface area contributed by atoms with E-state index in [1.54, 1.807) is 25.1 Å². The van der Waals surface area contributed by atoms with E-state index in [1.165, 1.54) is 0 Å². The molecular formula is C8H7ClN2O. The van der Waals surface area contributed by atoms with Crippen LogP contribution in [0.2, 0.25) is 5.15 Å². The largest absolute Gasteiger partial charge is 0.374 e. The summed E-state index contributed by atoms with van der Waals surface area (Å²) in [6.45, 7) is 1.79. The highest BCUT2D eigenvalue weighted by atomic mass is 35.5. The summed E-state index contributed by atoms with van der Waals surface area (Å²) in [7, 11) is 0. The minimum Gasteiger partial charge on any atom is -0.374 e. The lowest BCUT2D eigenvalue weighted by molar-refractivity contribution is 0.235. The van der Waals surface area contributed by atoms with E-state index in [4.69, 9.17) is 22.0 Å². The average Bonchev–Trinajstić information content (AvgIpc) is 2.03. The Hall–Kier alpha value is -1.11. The van der Waals surface area contributed by atoms with Gasteiger partial charge < -0.3 is 5.11 Å². The molecule has 0 spiro atoms. The maximum Gasteiger partial charge on any atom is 0.168 e. The second-order valence-corrected chi connectivity index (χ2v) is 2.72. The van der Waals surface area contributed by atoms with Crippen LogP contribution in [0.5, 0.6) is 0 Å². The number of aromatic nitrogens is 1. The second-order valence-electron chi connectivity index (χ2n) is 2.36. The SMILES string of the molecule is Cc1ccc(C(O)C#N)c(Cl)n1. The molecule has 12 heavy (non-hydrogen) atoms. The minimum absolute atomic E-state index is 0.184. The number of aliphatic hydroxyl groups is 1. The summed E-state index contributed by atoms with van der Waals surface area (Å²) in [5.41, 5.74) is 1.11. The highest BCUT2D eigenvalue weighted by Crippen LogP contribution is 2.20. The van der Waals surface area contributed by atoms with Crippen molar-refractivity contribution in [3.63, 3.8) is 0 Å². The molecule has 3 nitrogen and oxygen atoms in total. The molecule has 0 aromatic carbocycles. The molecule has 1 heterocycles. The first-order valence-electron chi connectivity index (χ1n) is 3.36. The fraction of sp³-hybridized carbons (Fsp3) is 0.250. The van der Waals surface area contributed by atoms with Gasteiger partial charge in [0.1, 0.15) is 5.15 Å². The molecule has 0 aliphatic rings. The van der Waals surface area contributed by atoms with Crippen molar-refractivity contribution >= 4 is 11.6 Å². The van der Waals surface area contributed by atoms with E-state index in [1.807, 2.05) is 0 Å². The van der Waals surface area contributed by atoms with Gasteiger partial charge >= 0.3 is 0 Å². The van der Waals surface area contributed by atoms with E-state index in [0.29, 0.717) is 5.56 Å². The van der Waals surface area contributed by atoms with Gasteiger partial charge in [-0.2, -0.15) is 5.26 Å². The standard InChI is InChI=1S/C8H7ClN2O/c1-5-2-3-6(7(12)4-10)8(9)11-5/h2-3,7,12H,1H3. The first-order chi connectivity index (χ1) is 5.65. The first kappa shape index (κ1) is 8.98. The molecule has 1 aromatic heterocycles. The predicted molar refractivity (Wildman–Crippen MR) is 44.6 cm³/mol. The van der Waals surface area contributed by atoms with Crippen LogP contribution in [-0.4, -0.2) is 10.1 Å². The molecule has 62 valence electrons. The maximum atomic E-state index is 9.12. The molecule has 1 aromatic rings. The number of nitrogens with zero attached hydrogens (tertiary/aromatic N) is 2. The number of aryl methyl sites for hydroxylation is 1. The van der Waals surface area contributed by atoms with Crippen LogP contribution in [0.25, 0.3) is 0 Å². The lowest BCUT2D eigenvalue weighted by atomic mass is 10.2. The summed E-state index contributed by atoms with van der Waals surface area (Å²) in [5, 5.41) is 17.7. The van der Waals surface area contributed by atoms with Crippen LogP contribution in [-0.2, 0) is 0 Å². The normalized spacial score (nSPS) is 12.2. The van der Waals surface area contributed by atoms with Gasteiger partial charge in [-0.15, -0.1) is 0 Å². The van der Waals surface area contributed by atoms with Gasteiger partial charge in [0.05, 0.1) is 6.07 Å². The average molecular weight is 183 g/mol. The molecule has 1 unspecified atom stereocenters. The van der Waals surface area contributed by atoms with Crippen LogP contribution in [0, 0.1) is 18.3 Å². The van der Waals surface area contributed by atoms with Crippen LogP contribution in [0.4, 0.5) is 0 Å². The zero-order valence-electron chi connectivity index (χ0n) is 6.45. The van der Waals surface area contributed by atoms with Gasteiger partial charge in [0.2, 0.25) is 0 Å². The lowest BCUT2D eigenvalue weighted by Gasteiger charge is -2.03.